The van der Waals surface area contributed by atoms with Crippen molar-refractivity contribution in [2.75, 3.05) is 0 Å². The maximum absolute atomic E-state index is 2.25. The van der Waals surface area contributed by atoms with Gasteiger partial charge in [0.25, 0.3) is 0 Å². The average molecular weight is 240 g/mol. The zero-order valence-electron chi connectivity index (χ0n) is 9.39. The molecule has 0 saturated heterocycles. The van der Waals surface area contributed by atoms with E-state index in [0.717, 1.165) is 0 Å². The summed E-state index contributed by atoms with van der Waals surface area (Å²) >= 11 is 0. The number of rotatable bonds is 1. The van der Waals surface area contributed by atoms with Gasteiger partial charge in [0.1, 0.15) is 0 Å². The molecule has 0 heteroatoms. The van der Waals surface area contributed by atoms with Gasteiger partial charge in [-0.25, -0.2) is 0 Å². The van der Waals surface area contributed by atoms with Crippen LogP contribution < -0.4 is 0 Å². The highest BCUT2D eigenvalue weighted by Gasteiger charge is 2.12. The Morgan fingerprint density at radius 3 is 1.35 bits per heavy atom. The molecule has 0 nitrogen and oxygen atoms in total. The van der Waals surface area contributed by atoms with E-state index < -0.39 is 0 Å². The van der Waals surface area contributed by atoms with Gasteiger partial charge >= 0.3 is 0 Å². The van der Waals surface area contributed by atoms with E-state index in [1.807, 2.05) is 0 Å². The summed E-state index contributed by atoms with van der Waals surface area (Å²) in [5.41, 5.74) is 3.11. The Balaban J connectivity index is -0.000000211. The van der Waals surface area contributed by atoms with Gasteiger partial charge in [0.05, 0.1) is 0 Å². The van der Waals surface area contributed by atoms with Crippen molar-refractivity contribution in [2.45, 2.75) is 75.7 Å². The summed E-state index contributed by atoms with van der Waals surface area (Å²) in [4.78, 5) is 0. The molecule has 1 aromatic rings. The van der Waals surface area contributed by atoms with Gasteiger partial charge in [-0.15, -0.1) is 0 Å². The third-order valence-corrected chi connectivity index (χ3v) is 2.44. The molecule has 0 spiro atoms. The van der Waals surface area contributed by atoms with E-state index in [0.29, 0.717) is 5.92 Å². The number of hydrogen-bond donors (Lipinski definition) is 0. The monoisotopic (exact) mass is 240 g/mol. The highest BCUT2D eigenvalue weighted by atomic mass is 14.2. The predicted octanol–water partition coefficient (Wildman–Crippen LogP) is 6.65. The molecule has 0 aliphatic carbocycles. The normalized spacial score (nSPS) is 9.29. The van der Waals surface area contributed by atoms with E-state index in [4.69, 9.17) is 0 Å². The first-order valence-electron chi connectivity index (χ1n) is 5.01. The van der Waals surface area contributed by atoms with Gasteiger partial charge in [0, 0.05) is 0 Å². The van der Waals surface area contributed by atoms with Gasteiger partial charge in [-0.3, -0.25) is 0 Å². The van der Waals surface area contributed by atoms with Crippen LogP contribution in [0.2, 0.25) is 0 Å². The highest BCUT2D eigenvalue weighted by Crippen LogP contribution is 2.24. The molecular weight excluding hydrogens is 204 g/mol. The van der Waals surface area contributed by atoms with Gasteiger partial charge in [-0.05, 0) is 22.5 Å². The Kier molecular flexibility index (Phi) is 13.7. The standard InChI is InChI=1S/C13H20.4CH4/c1-10(2)11-6-8-12(9-7-11)13(3,4)5;;;;/h6-10H,1-5H3;4*1H4. The second-order valence-electron chi connectivity index (χ2n) is 5.03. The Morgan fingerprint density at radius 1 is 0.765 bits per heavy atom. The maximum atomic E-state index is 2.25. The first-order chi connectivity index (χ1) is 5.91. The molecular formula is C17H36. The molecule has 0 atom stereocenters. The largest absolute Gasteiger partial charge is 0.0776 e. The van der Waals surface area contributed by atoms with Gasteiger partial charge < -0.3 is 0 Å². The van der Waals surface area contributed by atoms with Crippen LogP contribution in [0.25, 0.3) is 0 Å². The third kappa shape index (κ3) is 7.20. The van der Waals surface area contributed by atoms with E-state index in [1.54, 1.807) is 0 Å². The van der Waals surface area contributed by atoms with Crippen LogP contribution in [-0.4, -0.2) is 0 Å². The lowest BCUT2D eigenvalue weighted by Gasteiger charge is -2.19. The zero-order valence-corrected chi connectivity index (χ0v) is 9.39. The maximum Gasteiger partial charge on any atom is -0.0132 e. The molecule has 0 bridgehead atoms. The van der Waals surface area contributed by atoms with Crippen LogP contribution in [0.4, 0.5) is 0 Å². The van der Waals surface area contributed by atoms with Gasteiger partial charge in [-0.2, -0.15) is 0 Å². The second-order valence-corrected chi connectivity index (χ2v) is 5.03. The molecule has 0 heterocycles. The molecule has 104 valence electrons. The lowest BCUT2D eigenvalue weighted by atomic mass is 9.86. The third-order valence-electron chi connectivity index (χ3n) is 2.44. The highest BCUT2D eigenvalue weighted by molar-refractivity contribution is 5.28. The summed E-state index contributed by atoms with van der Waals surface area (Å²) in [7, 11) is 0. The van der Waals surface area contributed by atoms with Crippen LogP contribution in [0.15, 0.2) is 24.3 Å². The van der Waals surface area contributed by atoms with Crippen molar-refractivity contribution >= 4 is 0 Å². The molecule has 0 amide bonds. The van der Waals surface area contributed by atoms with E-state index in [9.17, 15) is 0 Å². The minimum absolute atomic E-state index is 0. The first kappa shape index (κ1) is 25.2. The Morgan fingerprint density at radius 2 is 1.12 bits per heavy atom. The summed E-state index contributed by atoms with van der Waals surface area (Å²) in [5, 5.41) is 0. The SMILES string of the molecule is C.C.C.C.CC(C)c1ccc(C(C)(C)C)cc1. The van der Waals surface area contributed by atoms with Gasteiger partial charge in [0.2, 0.25) is 0 Å². The van der Waals surface area contributed by atoms with E-state index >= 15 is 0 Å². The van der Waals surface area contributed by atoms with E-state index in [-0.39, 0.29) is 35.1 Å². The molecule has 0 N–H and O–H groups in total. The molecule has 0 aromatic heterocycles. The Hall–Kier alpha value is -0.780. The van der Waals surface area contributed by atoms with Crippen molar-refractivity contribution in [2.24, 2.45) is 0 Å². The first-order valence-corrected chi connectivity index (χ1v) is 5.01. The lowest BCUT2D eigenvalue weighted by Crippen LogP contribution is -2.10. The summed E-state index contributed by atoms with van der Waals surface area (Å²) in [5.74, 6) is 0.633. The van der Waals surface area contributed by atoms with E-state index in [1.165, 1.54) is 11.1 Å². The lowest BCUT2D eigenvalue weighted by molar-refractivity contribution is 0.589. The summed E-state index contributed by atoms with van der Waals surface area (Å²) in [6.45, 7) is 11.2. The molecule has 0 unspecified atom stereocenters. The fourth-order valence-corrected chi connectivity index (χ4v) is 1.37. The van der Waals surface area contributed by atoms with Crippen LogP contribution in [0.5, 0.6) is 0 Å². The van der Waals surface area contributed by atoms with Crippen molar-refractivity contribution in [1.82, 2.24) is 0 Å². The van der Waals surface area contributed by atoms with Crippen LogP contribution in [-0.2, 0) is 5.41 Å². The topological polar surface area (TPSA) is 0 Å². The second kappa shape index (κ2) is 9.27. The molecule has 0 fully saturated rings. The zero-order chi connectivity index (χ0) is 10.1. The van der Waals surface area contributed by atoms with Crippen molar-refractivity contribution < 1.29 is 0 Å². The van der Waals surface area contributed by atoms with Gasteiger partial charge in [-0.1, -0.05) is 88.6 Å². The molecule has 0 aliphatic heterocycles. The van der Waals surface area contributed by atoms with Crippen molar-refractivity contribution in [3.8, 4) is 0 Å². The summed E-state index contributed by atoms with van der Waals surface area (Å²) in [6.07, 6.45) is 0. The van der Waals surface area contributed by atoms with Crippen LogP contribution in [0.1, 0.15) is 81.4 Å². The smallest absolute Gasteiger partial charge is 0.0132 e. The molecule has 17 heavy (non-hydrogen) atoms. The molecule has 0 saturated carbocycles. The molecule has 1 rings (SSSR count). The molecule has 0 aliphatic rings. The summed E-state index contributed by atoms with van der Waals surface area (Å²) in [6, 6.07) is 8.97. The predicted molar refractivity (Wildman–Crippen MR) is 86.2 cm³/mol. The van der Waals surface area contributed by atoms with Crippen LogP contribution in [0, 0.1) is 0 Å². The molecule has 1 aromatic carbocycles. The molecule has 0 radical (unpaired) electrons. The summed E-state index contributed by atoms with van der Waals surface area (Å²) < 4.78 is 0. The Bertz CT molecular complexity index is 259. The minimum Gasteiger partial charge on any atom is -0.0776 e. The van der Waals surface area contributed by atoms with E-state index in [2.05, 4.69) is 58.9 Å². The minimum atomic E-state index is 0. The van der Waals surface area contributed by atoms with Crippen LogP contribution in [0.3, 0.4) is 0 Å². The average Bonchev–Trinajstić information content (AvgIpc) is 2.03. The van der Waals surface area contributed by atoms with Gasteiger partial charge in [0.15, 0.2) is 0 Å². The fraction of sp³-hybridized carbons (Fsp3) is 0.647. The fourth-order valence-electron chi connectivity index (χ4n) is 1.37. The van der Waals surface area contributed by atoms with Crippen molar-refractivity contribution in [1.29, 1.82) is 0 Å². The number of hydrogen-bond acceptors (Lipinski definition) is 0. The van der Waals surface area contributed by atoms with Crippen molar-refractivity contribution in [3.05, 3.63) is 35.4 Å². The van der Waals surface area contributed by atoms with Crippen molar-refractivity contribution in [3.63, 3.8) is 0 Å². The quantitative estimate of drug-likeness (QED) is 0.515. The number of benzene rings is 1. The van der Waals surface area contributed by atoms with Crippen LogP contribution >= 0.6 is 0 Å². The Labute approximate surface area is 111 Å².